The van der Waals surface area contributed by atoms with Crippen LogP contribution in [0.15, 0.2) is 28.8 Å². The van der Waals surface area contributed by atoms with Gasteiger partial charge in [-0.15, -0.1) is 0 Å². The van der Waals surface area contributed by atoms with Gasteiger partial charge in [0.15, 0.2) is 0 Å². The molecule has 0 aliphatic heterocycles. The van der Waals surface area contributed by atoms with Crippen molar-refractivity contribution >= 4 is 17.5 Å². The molecule has 0 bridgehead atoms. The Morgan fingerprint density at radius 2 is 1.90 bits per heavy atom. The number of aliphatic hydroxyl groups excluding tert-OH is 1. The first kappa shape index (κ1) is 15.5. The molecule has 1 amide bonds. The third kappa shape index (κ3) is 3.43. The van der Waals surface area contributed by atoms with E-state index in [4.69, 9.17) is 16.1 Å². The van der Waals surface area contributed by atoms with E-state index in [1.165, 1.54) is 0 Å². The lowest BCUT2D eigenvalue weighted by molar-refractivity contribution is 0.0897. The second-order valence-electron chi connectivity index (χ2n) is 5.09. The second-order valence-corrected chi connectivity index (χ2v) is 5.52. The highest BCUT2D eigenvalue weighted by Crippen LogP contribution is 2.31. The SMILES string of the molecule is CC(C)NC(=O)c1onc(-c2ccc(Cl)cc2)c1C(C)O. The van der Waals surface area contributed by atoms with Crippen molar-refractivity contribution in [3.63, 3.8) is 0 Å². The topological polar surface area (TPSA) is 75.4 Å². The van der Waals surface area contributed by atoms with Gasteiger partial charge in [0, 0.05) is 16.6 Å². The summed E-state index contributed by atoms with van der Waals surface area (Å²) in [4.78, 5) is 12.1. The molecule has 2 aromatic rings. The average molecular weight is 309 g/mol. The zero-order valence-corrected chi connectivity index (χ0v) is 12.8. The third-order valence-electron chi connectivity index (χ3n) is 2.89. The number of aromatic nitrogens is 1. The van der Waals surface area contributed by atoms with Crippen LogP contribution in [0.2, 0.25) is 5.02 Å². The summed E-state index contributed by atoms with van der Waals surface area (Å²) in [6.07, 6.45) is -0.880. The van der Waals surface area contributed by atoms with Gasteiger partial charge in [-0.05, 0) is 32.9 Å². The zero-order chi connectivity index (χ0) is 15.6. The standard InChI is InChI=1S/C15H17ClN2O3/c1-8(2)17-15(20)14-12(9(3)19)13(18-21-14)10-4-6-11(16)7-5-10/h4-9,19H,1-3H3,(H,17,20). The highest BCUT2D eigenvalue weighted by Gasteiger charge is 2.26. The van der Waals surface area contributed by atoms with Crippen molar-refractivity contribution in [2.45, 2.75) is 32.9 Å². The molecule has 21 heavy (non-hydrogen) atoms. The van der Waals surface area contributed by atoms with Crippen LogP contribution in [0.3, 0.4) is 0 Å². The Kier molecular flexibility index (Phi) is 4.65. The minimum atomic E-state index is -0.880. The third-order valence-corrected chi connectivity index (χ3v) is 3.14. The predicted molar refractivity (Wildman–Crippen MR) is 80.2 cm³/mol. The number of halogens is 1. The maximum atomic E-state index is 12.1. The van der Waals surface area contributed by atoms with Crippen molar-refractivity contribution in [2.24, 2.45) is 0 Å². The molecule has 1 unspecified atom stereocenters. The summed E-state index contributed by atoms with van der Waals surface area (Å²) in [6, 6.07) is 6.91. The molecule has 5 nitrogen and oxygen atoms in total. The van der Waals surface area contributed by atoms with Crippen LogP contribution in [0, 0.1) is 0 Å². The zero-order valence-electron chi connectivity index (χ0n) is 12.1. The second kappa shape index (κ2) is 6.28. The van der Waals surface area contributed by atoms with Crippen molar-refractivity contribution in [3.8, 4) is 11.3 Å². The molecule has 0 fully saturated rings. The molecule has 0 spiro atoms. The van der Waals surface area contributed by atoms with Crippen LogP contribution in [-0.2, 0) is 0 Å². The lowest BCUT2D eigenvalue weighted by atomic mass is 10.0. The molecule has 6 heteroatoms. The molecule has 1 atom stereocenters. The maximum Gasteiger partial charge on any atom is 0.290 e. The van der Waals surface area contributed by atoms with Crippen molar-refractivity contribution in [3.05, 3.63) is 40.6 Å². The highest BCUT2D eigenvalue weighted by atomic mass is 35.5. The maximum absolute atomic E-state index is 12.1. The van der Waals surface area contributed by atoms with Gasteiger partial charge in [0.2, 0.25) is 5.76 Å². The fourth-order valence-corrected chi connectivity index (χ4v) is 2.12. The Hall–Kier alpha value is -1.85. The normalized spacial score (nSPS) is 12.5. The van der Waals surface area contributed by atoms with E-state index in [-0.39, 0.29) is 11.8 Å². The lowest BCUT2D eigenvalue weighted by Crippen LogP contribution is -2.30. The van der Waals surface area contributed by atoms with Crippen molar-refractivity contribution < 1.29 is 14.4 Å². The molecule has 2 rings (SSSR count). The first-order valence-corrected chi connectivity index (χ1v) is 7.02. The molecule has 1 heterocycles. The van der Waals surface area contributed by atoms with Gasteiger partial charge in [-0.1, -0.05) is 28.9 Å². The molecule has 0 aliphatic carbocycles. The largest absolute Gasteiger partial charge is 0.388 e. The summed E-state index contributed by atoms with van der Waals surface area (Å²) in [7, 11) is 0. The van der Waals surface area contributed by atoms with E-state index < -0.39 is 12.0 Å². The van der Waals surface area contributed by atoms with Crippen LogP contribution in [0.4, 0.5) is 0 Å². The Bertz CT molecular complexity index is 633. The van der Waals surface area contributed by atoms with E-state index in [2.05, 4.69) is 10.5 Å². The van der Waals surface area contributed by atoms with Crippen LogP contribution in [-0.4, -0.2) is 22.2 Å². The van der Waals surface area contributed by atoms with Crippen LogP contribution in [0.1, 0.15) is 43.0 Å². The molecule has 112 valence electrons. The summed E-state index contributed by atoms with van der Waals surface area (Å²) < 4.78 is 5.15. The minimum absolute atomic E-state index is 0.0312. The van der Waals surface area contributed by atoms with Crippen molar-refractivity contribution in [1.82, 2.24) is 10.5 Å². The summed E-state index contributed by atoms with van der Waals surface area (Å²) in [5, 5.41) is 17.2. The van der Waals surface area contributed by atoms with E-state index in [0.29, 0.717) is 16.3 Å². The molecule has 1 aromatic heterocycles. The Morgan fingerprint density at radius 3 is 2.43 bits per heavy atom. The molecule has 0 saturated heterocycles. The highest BCUT2D eigenvalue weighted by molar-refractivity contribution is 6.30. The number of carbonyl (C=O) groups excluding carboxylic acids is 1. The molecular formula is C15H17ClN2O3. The first-order chi connectivity index (χ1) is 9.90. The van der Waals surface area contributed by atoms with Gasteiger partial charge in [-0.3, -0.25) is 4.79 Å². The number of nitrogens with one attached hydrogen (secondary N) is 1. The fourth-order valence-electron chi connectivity index (χ4n) is 1.99. The van der Waals surface area contributed by atoms with Gasteiger partial charge in [-0.2, -0.15) is 0 Å². The number of nitrogens with zero attached hydrogens (tertiary/aromatic N) is 1. The molecule has 2 N–H and O–H groups in total. The van der Waals surface area contributed by atoms with Crippen LogP contribution in [0.5, 0.6) is 0 Å². The van der Waals surface area contributed by atoms with Gasteiger partial charge >= 0.3 is 0 Å². The van der Waals surface area contributed by atoms with Crippen LogP contribution >= 0.6 is 11.6 Å². The number of carbonyl (C=O) groups is 1. The Labute approximate surface area is 127 Å². The number of aliphatic hydroxyl groups is 1. The van der Waals surface area contributed by atoms with Crippen molar-refractivity contribution in [2.75, 3.05) is 0 Å². The average Bonchev–Trinajstić information content (AvgIpc) is 2.83. The number of hydrogen-bond donors (Lipinski definition) is 2. The number of hydrogen-bond acceptors (Lipinski definition) is 4. The smallest absolute Gasteiger partial charge is 0.290 e. The van der Waals surface area contributed by atoms with E-state index in [0.717, 1.165) is 5.56 Å². The van der Waals surface area contributed by atoms with E-state index in [9.17, 15) is 9.90 Å². The summed E-state index contributed by atoms with van der Waals surface area (Å²) in [5.74, 6) is -0.364. The van der Waals surface area contributed by atoms with E-state index >= 15 is 0 Å². The van der Waals surface area contributed by atoms with Gasteiger partial charge in [0.05, 0.1) is 11.7 Å². The monoisotopic (exact) mass is 308 g/mol. The summed E-state index contributed by atoms with van der Waals surface area (Å²) >= 11 is 5.86. The number of amides is 1. The first-order valence-electron chi connectivity index (χ1n) is 6.64. The van der Waals surface area contributed by atoms with Crippen LogP contribution in [0.25, 0.3) is 11.3 Å². The molecule has 1 aromatic carbocycles. The summed E-state index contributed by atoms with van der Waals surface area (Å²) in [6.45, 7) is 5.25. The fraction of sp³-hybridized carbons (Fsp3) is 0.333. The van der Waals surface area contributed by atoms with Crippen molar-refractivity contribution in [1.29, 1.82) is 0 Å². The van der Waals surface area contributed by atoms with E-state index in [1.54, 1.807) is 31.2 Å². The van der Waals surface area contributed by atoms with Gasteiger partial charge in [0.25, 0.3) is 5.91 Å². The predicted octanol–water partition coefficient (Wildman–Crippen LogP) is 3.19. The van der Waals surface area contributed by atoms with Gasteiger partial charge in [-0.25, -0.2) is 0 Å². The Balaban J connectivity index is 2.46. The quantitative estimate of drug-likeness (QED) is 0.909. The summed E-state index contributed by atoms with van der Waals surface area (Å²) in [5.41, 5.74) is 1.54. The molecule has 0 aliphatic rings. The minimum Gasteiger partial charge on any atom is -0.388 e. The Morgan fingerprint density at radius 1 is 1.29 bits per heavy atom. The molecule has 0 radical (unpaired) electrons. The van der Waals surface area contributed by atoms with Gasteiger partial charge < -0.3 is 14.9 Å². The van der Waals surface area contributed by atoms with Crippen LogP contribution < -0.4 is 5.32 Å². The lowest BCUT2D eigenvalue weighted by Gasteiger charge is -2.09. The molecule has 0 saturated carbocycles. The number of benzene rings is 1. The molecular weight excluding hydrogens is 292 g/mol. The number of rotatable bonds is 4. The van der Waals surface area contributed by atoms with E-state index in [1.807, 2.05) is 13.8 Å². The van der Waals surface area contributed by atoms with Gasteiger partial charge in [0.1, 0.15) is 5.69 Å².